The third-order valence-corrected chi connectivity index (χ3v) is 10.1. The summed E-state index contributed by atoms with van der Waals surface area (Å²) in [5, 5.41) is 2.65. The third kappa shape index (κ3) is 4.96. The summed E-state index contributed by atoms with van der Waals surface area (Å²) in [5.74, 6) is -0.114. The van der Waals surface area contributed by atoms with E-state index in [0.29, 0.717) is 41.5 Å². The molecule has 10 heteroatoms. The van der Waals surface area contributed by atoms with Gasteiger partial charge >= 0.3 is 6.01 Å². The Morgan fingerprint density at radius 1 is 1.16 bits per heavy atom. The van der Waals surface area contributed by atoms with Gasteiger partial charge in [-0.2, -0.15) is 9.97 Å². The number of hydrogen-bond donors (Lipinski definition) is 0. The van der Waals surface area contributed by atoms with Crippen molar-refractivity contribution in [1.29, 1.82) is 0 Å². The summed E-state index contributed by atoms with van der Waals surface area (Å²) in [7, 11) is 1.93. The Bertz CT molecular complexity index is 1750. The van der Waals surface area contributed by atoms with Gasteiger partial charge in [0, 0.05) is 48.3 Å². The Morgan fingerprint density at radius 2 is 1.93 bits per heavy atom. The number of rotatable bonds is 7. The molecule has 3 aliphatic rings. The molecule has 0 N–H and O–H groups in total. The van der Waals surface area contributed by atoms with Crippen LogP contribution in [0.1, 0.15) is 38.5 Å². The molecule has 3 aliphatic heterocycles. The zero-order chi connectivity index (χ0) is 30.4. The maximum Gasteiger partial charge on any atom is 0.319 e. The highest BCUT2D eigenvalue weighted by atomic mass is 35.5. The number of anilines is 1. The van der Waals surface area contributed by atoms with Gasteiger partial charge in [-0.3, -0.25) is 14.7 Å². The van der Waals surface area contributed by atoms with Crippen molar-refractivity contribution in [3.8, 4) is 17.3 Å². The van der Waals surface area contributed by atoms with Gasteiger partial charge in [0.05, 0.1) is 10.9 Å². The van der Waals surface area contributed by atoms with Gasteiger partial charge in [-0.05, 0) is 69.1 Å². The number of aromatic nitrogens is 3. The van der Waals surface area contributed by atoms with E-state index in [0.717, 1.165) is 62.4 Å². The van der Waals surface area contributed by atoms with Gasteiger partial charge in [0.25, 0.3) is 0 Å². The predicted octanol–water partition coefficient (Wildman–Crippen LogP) is 6.26. The molecule has 0 bridgehead atoms. The molecule has 1 amide bonds. The summed E-state index contributed by atoms with van der Waals surface area (Å²) in [6.45, 7) is 7.47. The first-order chi connectivity index (χ1) is 21.4. The maximum absolute atomic E-state index is 16.7. The summed E-state index contributed by atoms with van der Waals surface area (Å²) in [6.07, 6.45) is 9.15. The number of benzene rings is 2. The summed E-state index contributed by atoms with van der Waals surface area (Å²) in [6, 6.07) is 11.4. The standard InChI is InChI=1S/C34H36ClFN6O2/c1-3-27(43)41-16-6-11-23(20-41)40(2)32-25-19-37-30(24-12-4-9-22-10-5-13-26(35)28(22)24)29(36)31(25)38-33(39-32)44-21-34-14-7-17-42(34)18-8-15-34/h3-5,9-10,12-13,19,23H,1,6-8,11,14-18,20-21H2,2H3/t23-/m1/s1. The van der Waals surface area contributed by atoms with Crippen LogP contribution in [-0.2, 0) is 4.79 Å². The lowest BCUT2D eigenvalue weighted by atomic mass is 9.95. The zero-order valence-corrected chi connectivity index (χ0v) is 25.7. The highest BCUT2D eigenvalue weighted by molar-refractivity contribution is 6.36. The normalized spacial score (nSPS) is 19.8. The van der Waals surface area contributed by atoms with Crippen LogP contribution in [0.25, 0.3) is 32.9 Å². The number of carbonyl (C=O) groups is 1. The molecule has 2 aromatic heterocycles. The molecule has 3 saturated heterocycles. The minimum atomic E-state index is -0.551. The lowest BCUT2D eigenvalue weighted by Crippen LogP contribution is -2.48. The van der Waals surface area contributed by atoms with Crippen LogP contribution in [0.15, 0.2) is 55.3 Å². The van der Waals surface area contributed by atoms with E-state index in [1.165, 1.54) is 6.08 Å². The van der Waals surface area contributed by atoms with Gasteiger partial charge in [-0.25, -0.2) is 4.39 Å². The first-order valence-electron chi connectivity index (χ1n) is 15.4. The van der Waals surface area contributed by atoms with Crippen LogP contribution < -0.4 is 9.64 Å². The molecule has 4 aromatic rings. The van der Waals surface area contributed by atoms with Crippen molar-refractivity contribution in [1.82, 2.24) is 24.8 Å². The monoisotopic (exact) mass is 614 g/mol. The van der Waals surface area contributed by atoms with Crippen LogP contribution in [-0.4, -0.2) is 82.1 Å². The maximum atomic E-state index is 16.7. The smallest absolute Gasteiger partial charge is 0.319 e. The summed E-state index contributed by atoms with van der Waals surface area (Å²) in [5.41, 5.74) is 0.904. The van der Waals surface area contributed by atoms with Crippen molar-refractivity contribution in [2.75, 3.05) is 44.7 Å². The van der Waals surface area contributed by atoms with E-state index in [1.54, 1.807) is 17.2 Å². The van der Waals surface area contributed by atoms with E-state index in [1.807, 2.05) is 42.3 Å². The van der Waals surface area contributed by atoms with Gasteiger partial charge in [0.2, 0.25) is 5.91 Å². The molecule has 8 nitrogen and oxygen atoms in total. The van der Waals surface area contributed by atoms with Gasteiger partial charge < -0.3 is 14.5 Å². The molecule has 0 unspecified atom stereocenters. The van der Waals surface area contributed by atoms with Crippen LogP contribution >= 0.6 is 11.6 Å². The van der Waals surface area contributed by atoms with Crippen molar-refractivity contribution >= 4 is 45.0 Å². The number of pyridine rings is 1. The Morgan fingerprint density at radius 3 is 2.70 bits per heavy atom. The number of ether oxygens (including phenoxy) is 1. The van der Waals surface area contributed by atoms with E-state index >= 15 is 4.39 Å². The number of likely N-dealkylation sites (tertiary alicyclic amines) is 1. The van der Waals surface area contributed by atoms with E-state index in [4.69, 9.17) is 21.3 Å². The van der Waals surface area contributed by atoms with Crippen molar-refractivity contribution < 1.29 is 13.9 Å². The molecule has 3 fully saturated rings. The highest BCUT2D eigenvalue weighted by Crippen LogP contribution is 2.40. The fourth-order valence-corrected chi connectivity index (χ4v) is 7.75. The number of halogens is 2. The summed E-state index contributed by atoms with van der Waals surface area (Å²) in [4.78, 5) is 32.9. The average molecular weight is 615 g/mol. The van der Waals surface area contributed by atoms with E-state index in [9.17, 15) is 4.79 Å². The van der Waals surface area contributed by atoms with Gasteiger partial charge in [-0.15, -0.1) is 0 Å². The van der Waals surface area contributed by atoms with Crippen LogP contribution in [0.4, 0.5) is 10.2 Å². The minimum Gasteiger partial charge on any atom is -0.461 e. The fraction of sp³-hybridized carbons (Fsp3) is 0.412. The summed E-state index contributed by atoms with van der Waals surface area (Å²) >= 11 is 6.61. The molecular weight excluding hydrogens is 579 g/mol. The van der Waals surface area contributed by atoms with Gasteiger partial charge in [0.1, 0.15) is 23.6 Å². The largest absolute Gasteiger partial charge is 0.461 e. The predicted molar refractivity (Wildman–Crippen MR) is 172 cm³/mol. The molecule has 1 atom stereocenters. The lowest BCUT2D eigenvalue weighted by Gasteiger charge is -2.38. The number of piperidine rings is 1. The van der Waals surface area contributed by atoms with Crippen LogP contribution in [0.2, 0.25) is 5.02 Å². The Kier molecular flexibility index (Phi) is 7.62. The molecule has 0 saturated carbocycles. The molecule has 0 aliphatic carbocycles. The van der Waals surface area contributed by atoms with E-state index < -0.39 is 5.82 Å². The molecule has 44 heavy (non-hydrogen) atoms. The number of amides is 1. The highest BCUT2D eigenvalue weighted by Gasteiger charge is 2.45. The van der Waals surface area contributed by atoms with Crippen molar-refractivity contribution in [2.24, 2.45) is 0 Å². The first-order valence-corrected chi connectivity index (χ1v) is 15.8. The fourth-order valence-electron chi connectivity index (χ4n) is 7.47. The number of nitrogens with zero attached hydrogens (tertiary/aromatic N) is 6. The van der Waals surface area contributed by atoms with Crippen LogP contribution in [0.5, 0.6) is 6.01 Å². The molecule has 7 rings (SSSR count). The lowest BCUT2D eigenvalue weighted by molar-refractivity contribution is -0.127. The van der Waals surface area contributed by atoms with E-state index in [2.05, 4.69) is 21.4 Å². The SMILES string of the molecule is C=CC(=O)N1CCC[C@@H](N(C)c2nc(OCC34CCCN3CCC4)nc3c(F)c(-c4cccc5cccc(Cl)c45)ncc23)C1. The molecule has 0 radical (unpaired) electrons. The molecule has 0 spiro atoms. The zero-order valence-electron chi connectivity index (χ0n) is 24.9. The number of fused-ring (bicyclic) bond motifs is 3. The first kappa shape index (κ1) is 28.9. The molecule has 5 heterocycles. The van der Waals surface area contributed by atoms with Crippen molar-refractivity contribution in [3.63, 3.8) is 0 Å². The third-order valence-electron chi connectivity index (χ3n) is 9.80. The Labute approximate surface area is 261 Å². The number of likely N-dealkylation sites (N-methyl/N-ethyl adjacent to an activating group) is 1. The van der Waals surface area contributed by atoms with E-state index in [-0.39, 0.29) is 34.7 Å². The van der Waals surface area contributed by atoms with Crippen LogP contribution in [0.3, 0.4) is 0 Å². The minimum absolute atomic E-state index is 0.0129. The average Bonchev–Trinajstić information content (AvgIpc) is 3.64. The second-order valence-corrected chi connectivity index (χ2v) is 12.7. The quantitative estimate of drug-likeness (QED) is 0.228. The van der Waals surface area contributed by atoms with Gasteiger partial charge in [0.15, 0.2) is 5.82 Å². The number of carbonyl (C=O) groups excluding carboxylic acids is 1. The second-order valence-electron chi connectivity index (χ2n) is 12.3. The molecule has 228 valence electrons. The topological polar surface area (TPSA) is 74.7 Å². The Balaban J connectivity index is 1.33. The summed E-state index contributed by atoms with van der Waals surface area (Å²) < 4.78 is 23.1. The molecular formula is C34H36ClFN6O2. The Hall–Kier alpha value is -3.82. The van der Waals surface area contributed by atoms with Crippen molar-refractivity contribution in [3.05, 3.63) is 66.1 Å². The second kappa shape index (κ2) is 11.6. The van der Waals surface area contributed by atoms with Crippen molar-refractivity contribution in [2.45, 2.75) is 50.1 Å². The van der Waals surface area contributed by atoms with Crippen LogP contribution in [0, 0.1) is 5.82 Å². The van der Waals surface area contributed by atoms with Gasteiger partial charge in [-0.1, -0.05) is 48.5 Å². The number of hydrogen-bond acceptors (Lipinski definition) is 7. The molecule has 2 aromatic carbocycles.